The van der Waals surface area contributed by atoms with Crippen molar-refractivity contribution in [1.29, 1.82) is 0 Å². The van der Waals surface area contributed by atoms with E-state index in [-0.39, 0.29) is 18.3 Å². The van der Waals surface area contributed by atoms with Crippen LogP contribution in [0.25, 0.3) is 11.1 Å². The van der Waals surface area contributed by atoms with E-state index < -0.39 is 5.97 Å². The Morgan fingerprint density at radius 2 is 1.72 bits per heavy atom. The van der Waals surface area contributed by atoms with Crippen molar-refractivity contribution in [1.82, 2.24) is 14.8 Å². The predicted octanol–water partition coefficient (Wildman–Crippen LogP) is 5.77. The minimum Gasteiger partial charge on any atom is -0.497 e. The number of nitrogens with one attached hydrogen (secondary N) is 1. The summed E-state index contributed by atoms with van der Waals surface area (Å²) in [5.74, 6) is 1.83. The molecule has 0 aliphatic heterocycles. The lowest BCUT2D eigenvalue weighted by molar-refractivity contribution is -0.113. The molecule has 0 fully saturated rings. The molecule has 11 heteroatoms. The van der Waals surface area contributed by atoms with E-state index in [4.69, 9.17) is 14.2 Å². The molecule has 39 heavy (non-hydrogen) atoms. The third-order valence-electron chi connectivity index (χ3n) is 6.01. The van der Waals surface area contributed by atoms with Crippen LogP contribution in [0.15, 0.2) is 59.1 Å². The quantitative estimate of drug-likeness (QED) is 0.180. The van der Waals surface area contributed by atoms with Crippen molar-refractivity contribution in [3.8, 4) is 22.6 Å². The van der Waals surface area contributed by atoms with Crippen LogP contribution in [0.4, 0.5) is 5.00 Å². The maximum absolute atomic E-state index is 12.8. The Kier molecular flexibility index (Phi) is 9.26. The van der Waals surface area contributed by atoms with Gasteiger partial charge in [0, 0.05) is 18.0 Å². The Balaban J connectivity index is 1.38. The monoisotopic (exact) mass is 566 g/mol. The number of ether oxygens (including phenoxy) is 3. The van der Waals surface area contributed by atoms with Crippen molar-refractivity contribution < 1.29 is 23.8 Å². The van der Waals surface area contributed by atoms with Crippen LogP contribution in [-0.4, -0.2) is 46.6 Å². The molecule has 2 aromatic carbocycles. The van der Waals surface area contributed by atoms with Gasteiger partial charge < -0.3 is 24.1 Å². The number of hydrogen-bond donors (Lipinski definition) is 1. The Morgan fingerprint density at radius 1 is 1.03 bits per heavy atom. The van der Waals surface area contributed by atoms with Gasteiger partial charge in [-0.2, -0.15) is 0 Å². The highest BCUT2D eigenvalue weighted by atomic mass is 32.2. The lowest BCUT2D eigenvalue weighted by Crippen LogP contribution is -2.16. The summed E-state index contributed by atoms with van der Waals surface area (Å²) in [7, 11) is 4.74. The molecule has 2 heterocycles. The number of nitrogens with zero attached hydrogens (tertiary/aromatic N) is 3. The number of carbonyl (C=O) groups excluding carboxylic acids is 2. The number of aromatic nitrogens is 3. The van der Waals surface area contributed by atoms with E-state index in [1.165, 1.54) is 35.8 Å². The van der Waals surface area contributed by atoms with Gasteiger partial charge in [0.25, 0.3) is 0 Å². The van der Waals surface area contributed by atoms with Crippen LogP contribution in [0.2, 0.25) is 0 Å². The van der Waals surface area contributed by atoms with E-state index >= 15 is 0 Å². The summed E-state index contributed by atoms with van der Waals surface area (Å²) in [5, 5.41) is 14.1. The average Bonchev–Trinajstić information content (AvgIpc) is 3.53. The van der Waals surface area contributed by atoms with E-state index in [1.54, 1.807) is 11.7 Å². The van der Waals surface area contributed by atoms with Gasteiger partial charge in [0.2, 0.25) is 5.91 Å². The number of carbonyl (C=O) groups is 2. The number of hydrogen-bond acceptors (Lipinski definition) is 9. The topological polar surface area (TPSA) is 105 Å². The summed E-state index contributed by atoms with van der Waals surface area (Å²) in [6.45, 7) is 4.55. The zero-order valence-electron chi connectivity index (χ0n) is 22.4. The normalized spacial score (nSPS) is 10.9. The van der Waals surface area contributed by atoms with Crippen LogP contribution in [0.3, 0.4) is 0 Å². The molecule has 2 aromatic heterocycles. The molecule has 1 N–H and O–H groups in total. The molecule has 0 saturated carbocycles. The summed E-state index contributed by atoms with van der Waals surface area (Å²) < 4.78 is 17.9. The number of esters is 1. The minimum absolute atomic E-state index is 0.0832. The summed E-state index contributed by atoms with van der Waals surface area (Å²) in [5.41, 5.74) is 3.04. The van der Waals surface area contributed by atoms with Crippen molar-refractivity contribution in [3.63, 3.8) is 0 Å². The fourth-order valence-electron chi connectivity index (χ4n) is 3.72. The maximum Gasteiger partial charge on any atom is 0.341 e. The summed E-state index contributed by atoms with van der Waals surface area (Å²) >= 11 is 2.51. The minimum atomic E-state index is -0.526. The highest BCUT2D eigenvalue weighted by molar-refractivity contribution is 7.99. The molecule has 0 aliphatic rings. The lowest BCUT2D eigenvalue weighted by Gasteiger charge is -2.09. The van der Waals surface area contributed by atoms with Crippen LogP contribution >= 0.6 is 23.1 Å². The van der Waals surface area contributed by atoms with Crippen LogP contribution < -0.4 is 14.8 Å². The van der Waals surface area contributed by atoms with E-state index in [0.29, 0.717) is 38.8 Å². The maximum atomic E-state index is 12.8. The summed E-state index contributed by atoms with van der Waals surface area (Å²) in [6.07, 6.45) is 0. The molecule has 4 rings (SSSR count). The van der Waals surface area contributed by atoms with E-state index in [2.05, 4.69) is 41.5 Å². The molecule has 0 spiro atoms. The second-order valence-corrected chi connectivity index (χ2v) is 10.7. The second kappa shape index (κ2) is 12.8. The number of thioether (sulfide) groups is 1. The van der Waals surface area contributed by atoms with Gasteiger partial charge in [0.1, 0.15) is 28.7 Å². The van der Waals surface area contributed by atoms with E-state index in [9.17, 15) is 9.59 Å². The van der Waals surface area contributed by atoms with E-state index in [1.807, 2.05) is 48.8 Å². The molecule has 0 aliphatic carbocycles. The van der Waals surface area contributed by atoms with Gasteiger partial charge in [-0.25, -0.2) is 4.79 Å². The van der Waals surface area contributed by atoms with Gasteiger partial charge in [-0.15, -0.1) is 21.5 Å². The van der Waals surface area contributed by atoms with Crippen LogP contribution in [0.1, 0.15) is 41.5 Å². The van der Waals surface area contributed by atoms with Gasteiger partial charge in [-0.05, 0) is 41.3 Å². The molecule has 0 unspecified atom stereocenters. The van der Waals surface area contributed by atoms with Gasteiger partial charge in [-0.3, -0.25) is 4.79 Å². The lowest BCUT2D eigenvalue weighted by atomic mass is 10.0. The average molecular weight is 567 g/mol. The standard InChI is InChI=1S/C28H30N4O5S2/c1-17(2)18-6-12-21(13-7-18)37-14-23-30-31-28(32(23)3)39-16-24(33)29-26-25(27(34)36-5)22(15-38-26)19-8-10-20(35-4)11-9-19/h6-13,15,17H,14,16H2,1-5H3,(H,29,33). The molecule has 9 nitrogen and oxygen atoms in total. The van der Waals surface area contributed by atoms with Gasteiger partial charge in [0.15, 0.2) is 11.0 Å². The molecule has 0 saturated heterocycles. The van der Waals surface area contributed by atoms with Crippen LogP contribution in [0, 0.1) is 0 Å². The van der Waals surface area contributed by atoms with E-state index in [0.717, 1.165) is 11.3 Å². The number of amides is 1. The molecule has 4 aromatic rings. The first-order valence-electron chi connectivity index (χ1n) is 12.2. The van der Waals surface area contributed by atoms with Crippen LogP contribution in [0.5, 0.6) is 11.5 Å². The van der Waals surface area contributed by atoms with Gasteiger partial charge in [-0.1, -0.05) is 49.9 Å². The predicted molar refractivity (Wildman–Crippen MR) is 153 cm³/mol. The number of benzene rings is 2. The highest BCUT2D eigenvalue weighted by Crippen LogP contribution is 2.37. The van der Waals surface area contributed by atoms with Crippen molar-refractivity contribution >= 4 is 40.0 Å². The number of methoxy groups -OCH3 is 2. The first-order valence-corrected chi connectivity index (χ1v) is 14.0. The molecular weight excluding hydrogens is 536 g/mol. The summed E-state index contributed by atoms with van der Waals surface area (Å²) in [4.78, 5) is 25.4. The third kappa shape index (κ3) is 6.79. The zero-order valence-corrected chi connectivity index (χ0v) is 24.0. The molecule has 0 bridgehead atoms. The number of anilines is 1. The SMILES string of the molecule is COC(=O)c1c(-c2ccc(OC)cc2)csc1NC(=O)CSc1nnc(COc2ccc(C(C)C)cc2)n1C. The van der Waals surface area contributed by atoms with Crippen molar-refractivity contribution in [3.05, 3.63) is 70.9 Å². The molecule has 204 valence electrons. The Hall–Kier alpha value is -3.83. The Labute approximate surface area is 235 Å². The van der Waals surface area contributed by atoms with Gasteiger partial charge >= 0.3 is 5.97 Å². The largest absolute Gasteiger partial charge is 0.497 e. The Morgan fingerprint density at radius 3 is 2.36 bits per heavy atom. The third-order valence-corrected chi connectivity index (χ3v) is 7.92. The van der Waals surface area contributed by atoms with Crippen LogP contribution in [-0.2, 0) is 23.2 Å². The first-order chi connectivity index (χ1) is 18.8. The van der Waals surface area contributed by atoms with Crippen molar-refractivity contribution in [2.24, 2.45) is 7.05 Å². The Bertz CT molecular complexity index is 1430. The number of thiophene rings is 1. The fourth-order valence-corrected chi connectivity index (χ4v) is 5.43. The molecule has 0 radical (unpaired) electrons. The molecule has 0 atom stereocenters. The summed E-state index contributed by atoms with van der Waals surface area (Å²) in [6, 6.07) is 15.3. The second-order valence-electron chi connectivity index (χ2n) is 8.88. The van der Waals surface area contributed by atoms with Crippen molar-refractivity contribution in [2.45, 2.75) is 31.5 Å². The first kappa shape index (κ1) is 28.2. The number of rotatable bonds is 11. The van der Waals surface area contributed by atoms with Gasteiger partial charge in [0.05, 0.1) is 20.0 Å². The fraction of sp³-hybridized carbons (Fsp3) is 0.286. The molecule has 1 amide bonds. The highest BCUT2D eigenvalue weighted by Gasteiger charge is 2.23. The molecular formula is C28H30N4O5S2. The van der Waals surface area contributed by atoms with Crippen molar-refractivity contribution in [2.75, 3.05) is 25.3 Å². The zero-order chi connectivity index (χ0) is 27.9. The smallest absolute Gasteiger partial charge is 0.341 e.